The quantitative estimate of drug-likeness (QED) is 0.420. The third kappa shape index (κ3) is 3.91. The molecule has 1 rings (SSSR count). The average Bonchev–Trinajstić information content (AvgIpc) is 2.40. The smallest absolute Gasteiger partial charge is 0.316 e. The minimum absolute atomic E-state index is 0.214. The number of hydrogen-bond acceptors (Lipinski definition) is 5. The zero-order valence-electron chi connectivity index (χ0n) is 10.8. The Bertz CT molecular complexity index is 392. The first kappa shape index (κ1) is 14.3. The minimum atomic E-state index is -0.762. The molecule has 0 aliphatic rings. The van der Waals surface area contributed by atoms with Crippen LogP contribution in [0.15, 0.2) is 18.6 Å². The molecule has 0 saturated heterocycles. The average molecular weight is 250 g/mol. The number of ether oxygens (including phenoxy) is 1. The Balaban J connectivity index is 2.82. The van der Waals surface area contributed by atoms with Gasteiger partial charge in [0.25, 0.3) is 0 Å². The molecule has 18 heavy (non-hydrogen) atoms. The Morgan fingerprint density at radius 1 is 1.33 bits per heavy atom. The van der Waals surface area contributed by atoms with Gasteiger partial charge < -0.3 is 4.74 Å². The first-order valence-corrected chi connectivity index (χ1v) is 6.17. The highest BCUT2D eigenvalue weighted by atomic mass is 16.5. The van der Waals surface area contributed by atoms with Crippen LogP contribution in [0.25, 0.3) is 0 Å². The van der Waals surface area contributed by atoms with Crippen molar-refractivity contribution in [2.75, 3.05) is 6.61 Å². The third-order valence-electron chi connectivity index (χ3n) is 2.55. The third-order valence-corrected chi connectivity index (χ3v) is 2.55. The molecule has 1 atom stereocenters. The van der Waals surface area contributed by atoms with Gasteiger partial charge in [0.15, 0.2) is 5.78 Å². The summed E-state index contributed by atoms with van der Waals surface area (Å²) in [5.74, 6) is -1.54. The number of rotatable bonds is 7. The molecule has 1 unspecified atom stereocenters. The maximum Gasteiger partial charge on any atom is 0.316 e. The molecule has 0 aromatic carbocycles. The molecule has 5 nitrogen and oxygen atoms in total. The second kappa shape index (κ2) is 7.53. The van der Waals surface area contributed by atoms with Gasteiger partial charge in [0.1, 0.15) is 11.6 Å². The van der Waals surface area contributed by atoms with Gasteiger partial charge in [0, 0.05) is 12.4 Å². The lowest BCUT2D eigenvalue weighted by atomic mass is 9.95. The molecule has 0 aliphatic carbocycles. The van der Waals surface area contributed by atoms with Crippen molar-refractivity contribution in [3.05, 3.63) is 24.3 Å². The number of nitrogens with zero attached hydrogens (tertiary/aromatic N) is 2. The zero-order valence-corrected chi connectivity index (χ0v) is 10.8. The van der Waals surface area contributed by atoms with Crippen LogP contribution in [-0.2, 0) is 9.53 Å². The summed E-state index contributed by atoms with van der Waals surface area (Å²) in [5, 5.41) is 0. The van der Waals surface area contributed by atoms with E-state index in [1.165, 1.54) is 18.6 Å². The number of Topliss-reactive ketones (excluding diaryl/α,β-unsaturated/α-hetero) is 1. The molecule has 1 aromatic heterocycles. The fourth-order valence-electron chi connectivity index (χ4n) is 1.61. The van der Waals surface area contributed by atoms with E-state index in [0.717, 1.165) is 12.8 Å². The molecule has 0 saturated carbocycles. The van der Waals surface area contributed by atoms with E-state index in [2.05, 4.69) is 9.97 Å². The predicted octanol–water partition coefficient (Wildman–Crippen LogP) is 2.03. The number of hydrogen-bond donors (Lipinski definition) is 0. The van der Waals surface area contributed by atoms with E-state index in [1.807, 2.05) is 6.92 Å². The molecular weight excluding hydrogens is 232 g/mol. The van der Waals surface area contributed by atoms with Crippen molar-refractivity contribution in [1.82, 2.24) is 9.97 Å². The van der Waals surface area contributed by atoms with Gasteiger partial charge in [-0.2, -0.15) is 0 Å². The Morgan fingerprint density at radius 3 is 2.67 bits per heavy atom. The van der Waals surface area contributed by atoms with Crippen molar-refractivity contribution in [3.63, 3.8) is 0 Å². The summed E-state index contributed by atoms with van der Waals surface area (Å²) in [6, 6.07) is 0. The second-order valence-corrected chi connectivity index (χ2v) is 3.90. The Labute approximate surface area is 107 Å². The van der Waals surface area contributed by atoms with Crippen molar-refractivity contribution in [1.29, 1.82) is 0 Å². The largest absolute Gasteiger partial charge is 0.465 e. The van der Waals surface area contributed by atoms with Crippen LogP contribution in [0.3, 0.4) is 0 Å². The number of carbonyl (C=O) groups is 2. The highest BCUT2D eigenvalue weighted by Gasteiger charge is 2.29. The maximum atomic E-state index is 12.2. The highest BCUT2D eigenvalue weighted by Crippen LogP contribution is 2.15. The fraction of sp³-hybridized carbons (Fsp3) is 0.538. The molecule has 0 bridgehead atoms. The van der Waals surface area contributed by atoms with Gasteiger partial charge in [-0.3, -0.25) is 14.6 Å². The first-order valence-electron chi connectivity index (χ1n) is 6.17. The van der Waals surface area contributed by atoms with Crippen molar-refractivity contribution >= 4 is 11.8 Å². The molecule has 0 fully saturated rings. The summed E-state index contributed by atoms with van der Waals surface area (Å²) < 4.78 is 4.94. The van der Waals surface area contributed by atoms with Crippen LogP contribution in [0.1, 0.15) is 43.6 Å². The lowest BCUT2D eigenvalue weighted by molar-refractivity contribution is -0.146. The van der Waals surface area contributed by atoms with Crippen molar-refractivity contribution < 1.29 is 14.3 Å². The van der Waals surface area contributed by atoms with Crippen LogP contribution in [0, 0.1) is 5.92 Å². The molecule has 0 spiro atoms. The van der Waals surface area contributed by atoms with Gasteiger partial charge in [-0.1, -0.05) is 19.8 Å². The molecule has 98 valence electrons. The van der Waals surface area contributed by atoms with Crippen LogP contribution in [0.5, 0.6) is 0 Å². The molecule has 0 aliphatic heterocycles. The topological polar surface area (TPSA) is 69.2 Å². The Morgan fingerprint density at radius 2 is 2.11 bits per heavy atom. The monoisotopic (exact) mass is 250 g/mol. The number of esters is 1. The SMILES string of the molecule is CCCCC(C(=O)OCC)C(=O)c1cnccn1. The van der Waals surface area contributed by atoms with Crippen LogP contribution in [-0.4, -0.2) is 28.3 Å². The van der Waals surface area contributed by atoms with Crippen molar-refractivity contribution in [2.45, 2.75) is 33.1 Å². The molecule has 5 heteroatoms. The van der Waals surface area contributed by atoms with Gasteiger partial charge in [-0.25, -0.2) is 4.98 Å². The number of unbranched alkanes of at least 4 members (excludes halogenated alkanes) is 1. The summed E-state index contributed by atoms with van der Waals surface area (Å²) in [5.41, 5.74) is 0.214. The van der Waals surface area contributed by atoms with Crippen LogP contribution in [0.2, 0.25) is 0 Å². The molecule has 0 radical (unpaired) electrons. The standard InChI is InChI=1S/C13H18N2O3/c1-3-5-6-10(13(17)18-4-2)12(16)11-9-14-7-8-15-11/h7-10H,3-6H2,1-2H3. The van der Waals surface area contributed by atoms with E-state index in [4.69, 9.17) is 4.74 Å². The van der Waals surface area contributed by atoms with Crippen molar-refractivity contribution in [2.24, 2.45) is 5.92 Å². The number of ketones is 1. The summed E-state index contributed by atoms with van der Waals surface area (Å²) >= 11 is 0. The molecule has 0 amide bonds. The van der Waals surface area contributed by atoms with Gasteiger partial charge in [-0.15, -0.1) is 0 Å². The summed E-state index contributed by atoms with van der Waals surface area (Å²) in [6.07, 6.45) is 6.52. The van der Waals surface area contributed by atoms with E-state index in [1.54, 1.807) is 6.92 Å². The number of aromatic nitrogens is 2. The summed E-state index contributed by atoms with van der Waals surface area (Å²) in [6.45, 7) is 4.01. The summed E-state index contributed by atoms with van der Waals surface area (Å²) in [7, 11) is 0. The number of carbonyl (C=O) groups excluding carboxylic acids is 2. The van der Waals surface area contributed by atoms with E-state index in [0.29, 0.717) is 6.42 Å². The normalized spacial score (nSPS) is 11.9. The minimum Gasteiger partial charge on any atom is -0.465 e. The fourth-order valence-corrected chi connectivity index (χ4v) is 1.61. The van der Waals surface area contributed by atoms with Crippen molar-refractivity contribution in [3.8, 4) is 0 Å². The van der Waals surface area contributed by atoms with E-state index >= 15 is 0 Å². The van der Waals surface area contributed by atoms with Gasteiger partial charge in [-0.05, 0) is 13.3 Å². The maximum absolute atomic E-state index is 12.2. The summed E-state index contributed by atoms with van der Waals surface area (Å²) in [4.78, 5) is 31.7. The Hall–Kier alpha value is -1.78. The van der Waals surface area contributed by atoms with E-state index in [-0.39, 0.29) is 18.1 Å². The first-order chi connectivity index (χ1) is 8.70. The van der Waals surface area contributed by atoms with Gasteiger partial charge in [0.2, 0.25) is 0 Å². The van der Waals surface area contributed by atoms with Crippen LogP contribution >= 0.6 is 0 Å². The molecular formula is C13H18N2O3. The zero-order chi connectivity index (χ0) is 13.4. The molecule has 1 heterocycles. The van der Waals surface area contributed by atoms with Crippen LogP contribution < -0.4 is 0 Å². The van der Waals surface area contributed by atoms with E-state index < -0.39 is 11.9 Å². The lowest BCUT2D eigenvalue weighted by Gasteiger charge is -2.13. The predicted molar refractivity (Wildman–Crippen MR) is 66.0 cm³/mol. The van der Waals surface area contributed by atoms with E-state index in [9.17, 15) is 9.59 Å². The Kier molecular flexibility index (Phi) is 5.97. The molecule has 0 N–H and O–H groups in total. The molecule has 1 aromatic rings. The van der Waals surface area contributed by atoms with Crippen LogP contribution in [0.4, 0.5) is 0 Å². The lowest BCUT2D eigenvalue weighted by Crippen LogP contribution is -2.27. The van der Waals surface area contributed by atoms with Gasteiger partial charge in [0.05, 0.1) is 12.8 Å². The second-order valence-electron chi connectivity index (χ2n) is 3.90. The highest BCUT2D eigenvalue weighted by molar-refractivity contribution is 6.07. The van der Waals surface area contributed by atoms with Gasteiger partial charge >= 0.3 is 5.97 Å².